The monoisotopic (exact) mass is 483 g/mol. The zero-order chi connectivity index (χ0) is 23.2. The Balaban J connectivity index is 1.43. The van der Waals surface area contributed by atoms with E-state index in [9.17, 15) is 9.59 Å². The largest absolute Gasteiger partial charge is 0.444 e. The number of urea groups is 1. The molecule has 3 aromatic carbocycles. The van der Waals surface area contributed by atoms with Crippen LogP contribution in [0.1, 0.15) is 17.5 Å². The van der Waals surface area contributed by atoms with Crippen molar-refractivity contribution in [1.82, 2.24) is 4.90 Å². The Bertz CT molecular complexity index is 1140. The maximum Gasteiger partial charge on any atom is 0.412 e. The first-order chi connectivity index (χ1) is 16.0. The van der Waals surface area contributed by atoms with Crippen molar-refractivity contribution in [3.8, 4) is 0 Å². The Morgan fingerprint density at radius 1 is 0.939 bits per heavy atom. The summed E-state index contributed by atoms with van der Waals surface area (Å²) in [5.74, 6) is 0. The van der Waals surface area contributed by atoms with Crippen LogP contribution in [0.2, 0.25) is 10.0 Å². The molecule has 3 amide bonds. The lowest BCUT2D eigenvalue weighted by Crippen LogP contribution is -2.49. The zero-order valence-corrected chi connectivity index (χ0v) is 19.4. The van der Waals surface area contributed by atoms with Gasteiger partial charge in [-0.2, -0.15) is 0 Å². The van der Waals surface area contributed by atoms with Crippen molar-refractivity contribution in [3.05, 3.63) is 94.0 Å². The number of carbonyl (C=O) groups excluding carboxylic acids is 2. The molecule has 0 radical (unpaired) electrons. The molecular formula is C25H23Cl2N3O3. The zero-order valence-electron chi connectivity index (χ0n) is 17.8. The summed E-state index contributed by atoms with van der Waals surface area (Å²) < 4.78 is 5.28. The van der Waals surface area contributed by atoms with E-state index in [1.807, 2.05) is 54.6 Å². The van der Waals surface area contributed by atoms with Gasteiger partial charge >= 0.3 is 12.1 Å². The van der Waals surface area contributed by atoms with Gasteiger partial charge in [0.25, 0.3) is 0 Å². The van der Waals surface area contributed by atoms with Crippen LogP contribution < -0.4 is 10.2 Å². The minimum absolute atomic E-state index is 0.110. The number of nitrogens with one attached hydrogen (secondary N) is 1. The molecule has 170 valence electrons. The summed E-state index contributed by atoms with van der Waals surface area (Å²) in [6.07, 6.45) is 0.196. The number of carbonyl (C=O) groups is 2. The van der Waals surface area contributed by atoms with Gasteiger partial charge in [-0.05, 0) is 47.9 Å². The van der Waals surface area contributed by atoms with Crippen molar-refractivity contribution in [1.29, 1.82) is 0 Å². The quantitative estimate of drug-likeness (QED) is 0.430. The number of rotatable bonds is 6. The number of hydrogen-bond donors (Lipinski definition) is 1. The van der Waals surface area contributed by atoms with E-state index in [1.54, 1.807) is 28.0 Å². The number of amides is 3. The molecule has 1 N–H and O–H groups in total. The first-order valence-electron chi connectivity index (χ1n) is 10.6. The molecule has 8 heteroatoms. The number of anilines is 2. The maximum absolute atomic E-state index is 13.2. The van der Waals surface area contributed by atoms with Crippen molar-refractivity contribution in [3.63, 3.8) is 0 Å². The molecule has 0 spiro atoms. The van der Waals surface area contributed by atoms with Gasteiger partial charge in [-0.15, -0.1) is 0 Å². The molecule has 0 saturated carbocycles. The standard InChI is InChI=1S/C25H23Cl2N3O3/c26-20-9-4-8-19(14-20)16-29-12-5-13-30(25(29)32)21-10-11-22(27)23(15-21)28-24(31)33-17-18-6-2-1-3-7-18/h1-4,6-11,14-15H,5,12-13,16-17H2,(H,28,31). The Kier molecular flexibility index (Phi) is 7.37. The number of benzene rings is 3. The van der Waals surface area contributed by atoms with Gasteiger partial charge in [0.05, 0.1) is 10.7 Å². The molecule has 0 unspecified atom stereocenters. The van der Waals surface area contributed by atoms with E-state index in [2.05, 4.69) is 5.32 Å². The molecule has 1 fully saturated rings. The third kappa shape index (κ3) is 5.97. The lowest BCUT2D eigenvalue weighted by Gasteiger charge is -2.36. The predicted octanol–water partition coefficient (Wildman–Crippen LogP) is 6.57. The summed E-state index contributed by atoms with van der Waals surface area (Å²) in [7, 11) is 0. The van der Waals surface area contributed by atoms with Crippen LogP contribution in [0.25, 0.3) is 0 Å². The molecular weight excluding hydrogens is 461 g/mol. The molecule has 0 atom stereocenters. The normalized spacial score (nSPS) is 13.7. The number of ether oxygens (including phenoxy) is 1. The summed E-state index contributed by atoms with van der Waals surface area (Å²) >= 11 is 12.4. The van der Waals surface area contributed by atoms with Crippen LogP contribution >= 0.6 is 23.2 Å². The fourth-order valence-corrected chi connectivity index (χ4v) is 4.05. The Morgan fingerprint density at radius 3 is 2.52 bits per heavy atom. The molecule has 1 aliphatic heterocycles. The van der Waals surface area contributed by atoms with Crippen LogP contribution in [0.4, 0.5) is 21.0 Å². The Morgan fingerprint density at radius 2 is 1.73 bits per heavy atom. The maximum atomic E-state index is 13.2. The first kappa shape index (κ1) is 23.0. The van der Waals surface area contributed by atoms with E-state index in [1.165, 1.54) is 0 Å². The van der Waals surface area contributed by atoms with E-state index in [4.69, 9.17) is 27.9 Å². The van der Waals surface area contributed by atoms with Gasteiger partial charge < -0.3 is 9.64 Å². The molecule has 1 saturated heterocycles. The predicted molar refractivity (Wildman–Crippen MR) is 131 cm³/mol. The second-order valence-corrected chi connectivity index (χ2v) is 8.53. The van der Waals surface area contributed by atoms with Gasteiger partial charge in [0.15, 0.2) is 0 Å². The van der Waals surface area contributed by atoms with Crippen LogP contribution in [-0.4, -0.2) is 30.1 Å². The van der Waals surface area contributed by atoms with E-state index >= 15 is 0 Å². The van der Waals surface area contributed by atoms with Gasteiger partial charge in [0.1, 0.15) is 6.61 Å². The van der Waals surface area contributed by atoms with Gasteiger partial charge in [-0.1, -0.05) is 65.7 Å². The van der Waals surface area contributed by atoms with Crippen LogP contribution in [0.5, 0.6) is 0 Å². The molecule has 1 aliphatic rings. The lowest BCUT2D eigenvalue weighted by atomic mass is 10.1. The third-order valence-electron chi connectivity index (χ3n) is 5.28. The molecule has 0 aliphatic carbocycles. The Labute approximate surface area is 202 Å². The first-order valence-corrected chi connectivity index (χ1v) is 11.3. The molecule has 33 heavy (non-hydrogen) atoms. The molecule has 6 nitrogen and oxygen atoms in total. The van der Waals surface area contributed by atoms with E-state index < -0.39 is 6.09 Å². The minimum Gasteiger partial charge on any atom is -0.444 e. The van der Waals surface area contributed by atoms with Gasteiger partial charge in [0, 0.05) is 30.3 Å². The van der Waals surface area contributed by atoms with E-state index in [0.717, 1.165) is 17.5 Å². The topological polar surface area (TPSA) is 61.9 Å². The van der Waals surface area contributed by atoms with Crippen molar-refractivity contribution in [2.45, 2.75) is 19.6 Å². The second kappa shape index (κ2) is 10.6. The summed E-state index contributed by atoms with van der Waals surface area (Å²) in [4.78, 5) is 28.9. The average Bonchev–Trinajstić information content (AvgIpc) is 2.81. The fraction of sp³-hybridized carbons (Fsp3) is 0.200. The summed E-state index contributed by atoms with van der Waals surface area (Å²) in [5, 5.41) is 3.67. The van der Waals surface area contributed by atoms with Crippen molar-refractivity contribution in [2.75, 3.05) is 23.3 Å². The highest BCUT2D eigenvalue weighted by Gasteiger charge is 2.27. The van der Waals surface area contributed by atoms with Crippen LogP contribution in [-0.2, 0) is 17.9 Å². The van der Waals surface area contributed by atoms with Crippen molar-refractivity contribution < 1.29 is 14.3 Å². The minimum atomic E-state index is -0.620. The number of hydrogen-bond acceptors (Lipinski definition) is 3. The highest BCUT2D eigenvalue weighted by Crippen LogP contribution is 2.30. The lowest BCUT2D eigenvalue weighted by molar-refractivity contribution is 0.155. The highest BCUT2D eigenvalue weighted by atomic mass is 35.5. The number of halogens is 2. The number of nitrogens with zero attached hydrogens (tertiary/aromatic N) is 2. The van der Waals surface area contributed by atoms with Gasteiger partial charge in [0.2, 0.25) is 0 Å². The third-order valence-corrected chi connectivity index (χ3v) is 5.85. The van der Waals surface area contributed by atoms with Crippen molar-refractivity contribution in [2.24, 2.45) is 0 Å². The highest BCUT2D eigenvalue weighted by molar-refractivity contribution is 6.33. The molecule has 0 bridgehead atoms. The van der Waals surface area contributed by atoms with Crippen LogP contribution in [0, 0.1) is 0 Å². The molecule has 1 heterocycles. The van der Waals surface area contributed by atoms with E-state index in [-0.39, 0.29) is 12.6 Å². The molecule has 4 rings (SSSR count). The van der Waals surface area contributed by atoms with Crippen LogP contribution in [0.15, 0.2) is 72.8 Å². The fourth-order valence-electron chi connectivity index (χ4n) is 3.67. The second-order valence-electron chi connectivity index (χ2n) is 7.69. The average molecular weight is 484 g/mol. The van der Waals surface area contributed by atoms with Crippen molar-refractivity contribution >= 4 is 46.7 Å². The summed E-state index contributed by atoms with van der Waals surface area (Å²) in [6.45, 7) is 1.85. The van der Waals surface area contributed by atoms with Crippen LogP contribution in [0.3, 0.4) is 0 Å². The SMILES string of the molecule is O=C(Nc1cc(N2CCCN(Cc3cccc(Cl)c3)C2=O)ccc1Cl)OCc1ccccc1. The van der Waals surface area contributed by atoms with Gasteiger partial charge in [-0.3, -0.25) is 10.2 Å². The molecule has 3 aromatic rings. The smallest absolute Gasteiger partial charge is 0.412 e. The Hall–Kier alpha value is -3.22. The molecule has 0 aromatic heterocycles. The summed E-state index contributed by atoms with van der Waals surface area (Å²) in [5.41, 5.74) is 2.88. The van der Waals surface area contributed by atoms with E-state index in [0.29, 0.717) is 41.1 Å². The van der Waals surface area contributed by atoms with Gasteiger partial charge in [-0.25, -0.2) is 9.59 Å². The summed E-state index contributed by atoms with van der Waals surface area (Å²) in [6, 6.07) is 21.9.